The highest BCUT2D eigenvalue weighted by atomic mass is 32.2. The Morgan fingerprint density at radius 1 is 1.32 bits per heavy atom. The molecular formula is C15H21N5O4S. The zero-order chi connectivity index (χ0) is 18.4. The topological polar surface area (TPSA) is 116 Å². The summed E-state index contributed by atoms with van der Waals surface area (Å²) >= 11 is 0. The fourth-order valence-electron chi connectivity index (χ4n) is 3.00. The summed E-state index contributed by atoms with van der Waals surface area (Å²) in [4.78, 5) is 28.1. The summed E-state index contributed by atoms with van der Waals surface area (Å²) < 4.78 is 26.3. The first-order valence-corrected chi connectivity index (χ1v) is 9.82. The molecule has 0 aromatic carbocycles. The van der Waals surface area contributed by atoms with E-state index >= 15 is 0 Å². The number of fused-ring (bicyclic) bond motifs is 1. The maximum atomic E-state index is 12.2. The molecule has 3 rings (SSSR count). The van der Waals surface area contributed by atoms with Crippen molar-refractivity contribution >= 4 is 26.8 Å². The summed E-state index contributed by atoms with van der Waals surface area (Å²) in [6.07, 6.45) is 3.34. The molecule has 2 aromatic heterocycles. The number of amides is 1. The zero-order valence-electron chi connectivity index (χ0n) is 14.4. The molecule has 1 aliphatic rings. The third-order valence-corrected chi connectivity index (χ3v) is 5.75. The van der Waals surface area contributed by atoms with Crippen molar-refractivity contribution in [2.45, 2.75) is 45.3 Å². The number of hydrogen-bond acceptors (Lipinski definition) is 6. The van der Waals surface area contributed by atoms with E-state index in [0.29, 0.717) is 17.5 Å². The second kappa shape index (κ2) is 5.94. The Balaban J connectivity index is 1.96. The quantitative estimate of drug-likeness (QED) is 0.808. The van der Waals surface area contributed by atoms with Gasteiger partial charge in [0.1, 0.15) is 12.1 Å². The maximum absolute atomic E-state index is 12.2. The number of aromatic nitrogens is 4. The smallest absolute Gasteiger partial charge is 0.348 e. The first-order valence-electron chi connectivity index (χ1n) is 8.00. The van der Waals surface area contributed by atoms with E-state index in [1.165, 1.54) is 17.0 Å². The predicted molar refractivity (Wildman–Crippen MR) is 92.0 cm³/mol. The van der Waals surface area contributed by atoms with E-state index in [4.69, 9.17) is 0 Å². The lowest BCUT2D eigenvalue weighted by Crippen LogP contribution is -2.43. The van der Waals surface area contributed by atoms with E-state index < -0.39 is 21.1 Å². The van der Waals surface area contributed by atoms with Crippen molar-refractivity contribution in [3.63, 3.8) is 0 Å². The Morgan fingerprint density at radius 3 is 2.64 bits per heavy atom. The van der Waals surface area contributed by atoms with Gasteiger partial charge in [0, 0.05) is 5.54 Å². The minimum atomic E-state index is -3.06. The van der Waals surface area contributed by atoms with Crippen molar-refractivity contribution in [2.75, 3.05) is 11.5 Å². The lowest BCUT2D eigenvalue weighted by Gasteiger charge is -2.20. The molecule has 25 heavy (non-hydrogen) atoms. The minimum absolute atomic E-state index is 0.0212. The monoisotopic (exact) mass is 367 g/mol. The van der Waals surface area contributed by atoms with Crippen LogP contribution in [0.3, 0.4) is 0 Å². The maximum Gasteiger partial charge on any atom is 0.348 e. The van der Waals surface area contributed by atoms with Gasteiger partial charge in [-0.2, -0.15) is 10.1 Å². The Kier molecular flexibility index (Phi) is 4.18. The zero-order valence-corrected chi connectivity index (χ0v) is 15.2. The standard InChI is InChI=1S/C15H21N5O4S/c1-15(2,3)18-13(21)8-19-11-7-17-20(12(11)6-16-14(19)22)10-4-5-25(23,24)9-10/h6-7,10H,4-5,8-9H2,1-3H3,(H,18,21)/t10-/m0/s1. The van der Waals surface area contributed by atoms with Gasteiger partial charge in [-0.3, -0.25) is 14.0 Å². The Hall–Kier alpha value is -2.23. The van der Waals surface area contributed by atoms with Gasteiger partial charge in [-0.15, -0.1) is 0 Å². The van der Waals surface area contributed by atoms with Crippen LogP contribution < -0.4 is 11.0 Å². The van der Waals surface area contributed by atoms with Crippen LogP contribution in [0.2, 0.25) is 0 Å². The molecule has 0 spiro atoms. The van der Waals surface area contributed by atoms with Gasteiger partial charge >= 0.3 is 5.69 Å². The molecule has 1 amide bonds. The average molecular weight is 367 g/mol. The second-order valence-electron chi connectivity index (χ2n) is 7.34. The molecule has 9 nitrogen and oxygen atoms in total. The molecule has 0 radical (unpaired) electrons. The van der Waals surface area contributed by atoms with Crippen molar-refractivity contribution in [1.82, 2.24) is 24.6 Å². The molecule has 1 N–H and O–H groups in total. The highest BCUT2D eigenvalue weighted by Crippen LogP contribution is 2.26. The van der Waals surface area contributed by atoms with Crippen LogP contribution in [0, 0.1) is 0 Å². The number of sulfone groups is 1. The van der Waals surface area contributed by atoms with Crippen LogP contribution in [0.1, 0.15) is 33.2 Å². The molecule has 0 unspecified atom stereocenters. The molecule has 0 saturated carbocycles. The SMILES string of the molecule is CC(C)(C)NC(=O)Cn1c(=O)ncc2c1cnn2[C@H]1CCS(=O)(=O)C1. The van der Waals surface area contributed by atoms with Crippen molar-refractivity contribution in [2.24, 2.45) is 0 Å². The second-order valence-corrected chi connectivity index (χ2v) is 9.57. The Morgan fingerprint density at radius 2 is 2.04 bits per heavy atom. The molecule has 3 heterocycles. The minimum Gasteiger partial charge on any atom is -0.350 e. The van der Waals surface area contributed by atoms with E-state index in [1.807, 2.05) is 20.8 Å². The van der Waals surface area contributed by atoms with Gasteiger partial charge in [-0.25, -0.2) is 13.2 Å². The van der Waals surface area contributed by atoms with Crippen molar-refractivity contribution < 1.29 is 13.2 Å². The third-order valence-electron chi connectivity index (χ3n) is 4.00. The van der Waals surface area contributed by atoms with Crippen LogP contribution in [-0.2, 0) is 21.2 Å². The van der Waals surface area contributed by atoms with Crippen molar-refractivity contribution in [3.8, 4) is 0 Å². The van der Waals surface area contributed by atoms with Gasteiger partial charge in [0.15, 0.2) is 9.84 Å². The third kappa shape index (κ3) is 3.73. The summed E-state index contributed by atoms with van der Waals surface area (Å²) in [5.74, 6) is -0.159. The molecule has 1 aliphatic heterocycles. The van der Waals surface area contributed by atoms with Gasteiger partial charge in [-0.05, 0) is 27.2 Å². The normalized spacial score (nSPS) is 20.0. The lowest BCUT2D eigenvalue weighted by molar-refractivity contribution is -0.123. The van der Waals surface area contributed by atoms with E-state index in [1.54, 1.807) is 4.68 Å². The van der Waals surface area contributed by atoms with Crippen LogP contribution in [0.5, 0.6) is 0 Å². The number of hydrogen-bond donors (Lipinski definition) is 1. The first-order chi connectivity index (χ1) is 11.6. The van der Waals surface area contributed by atoms with Crippen LogP contribution in [0.15, 0.2) is 17.2 Å². The number of carbonyl (C=O) groups excluding carboxylic acids is 1. The van der Waals surface area contributed by atoms with E-state index in [-0.39, 0.29) is 30.0 Å². The molecule has 10 heteroatoms. The van der Waals surface area contributed by atoms with Gasteiger partial charge in [0.05, 0.1) is 35.5 Å². The van der Waals surface area contributed by atoms with E-state index in [0.717, 1.165) is 0 Å². The molecule has 0 bridgehead atoms. The fourth-order valence-corrected chi connectivity index (χ4v) is 4.69. The number of carbonyl (C=O) groups is 1. The van der Waals surface area contributed by atoms with Crippen molar-refractivity contribution in [3.05, 3.63) is 22.9 Å². The summed E-state index contributed by atoms with van der Waals surface area (Å²) in [5.41, 5.74) is 0.0542. The lowest BCUT2D eigenvalue weighted by atomic mass is 10.1. The van der Waals surface area contributed by atoms with Gasteiger partial charge in [0.25, 0.3) is 0 Å². The molecule has 2 aromatic rings. The molecular weight excluding hydrogens is 346 g/mol. The molecule has 136 valence electrons. The fraction of sp³-hybridized carbons (Fsp3) is 0.600. The van der Waals surface area contributed by atoms with Crippen LogP contribution in [0.4, 0.5) is 0 Å². The van der Waals surface area contributed by atoms with Crippen molar-refractivity contribution in [1.29, 1.82) is 0 Å². The first kappa shape index (κ1) is 17.6. The molecule has 1 saturated heterocycles. The van der Waals surface area contributed by atoms with Gasteiger partial charge in [-0.1, -0.05) is 0 Å². The van der Waals surface area contributed by atoms with Gasteiger partial charge in [0.2, 0.25) is 5.91 Å². The Bertz CT molecular complexity index is 983. The summed E-state index contributed by atoms with van der Waals surface area (Å²) in [7, 11) is -3.06. The average Bonchev–Trinajstić information content (AvgIpc) is 3.03. The van der Waals surface area contributed by atoms with Gasteiger partial charge < -0.3 is 5.32 Å². The molecule has 0 aliphatic carbocycles. The van der Waals surface area contributed by atoms with Crippen LogP contribution in [0.25, 0.3) is 11.0 Å². The summed E-state index contributed by atoms with van der Waals surface area (Å²) in [5, 5.41) is 7.05. The van der Waals surface area contributed by atoms with E-state index in [2.05, 4.69) is 15.4 Å². The molecule has 1 atom stereocenters. The molecule has 1 fully saturated rings. The number of nitrogens with zero attached hydrogens (tertiary/aromatic N) is 4. The van der Waals surface area contributed by atoms with Crippen LogP contribution in [-0.4, -0.2) is 50.7 Å². The highest BCUT2D eigenvalue weighted by Gasteiger charge is 2.31. The summed E-state index contributed by atoms with van der Waals surface area (Å²) in [6, 6.07) is -0.279. The number of nitrogens with one attached hydrogen (secondary N) is 1. The summed E-state index contributed by atoms with van der Waals surface area (Å²) in [6.45, 7) is 5.39. The van der Waals surface area contributed by atoms with E-state index in [9.17, 15) is 18.0 Å². The van der Waals surface area contributed by atoms with Crippen LogP contribution >= 0.6 is 0 Å². The largest absolute Gasteiger partial charge is 0.350 e. The predicted octanol–water partition coefficient (Wildman–Crippen LogP) is -0.133. The highest BCUT2D eigenvalue weighted by molar-refractivity contribution is 7.91. The number of rotatable bonds is 3. The Labute approximate surface area is 145 Å².